The zero-order valence-corrected chi connectivity index (χ0v) is 12.5. The minimum absolute atomic E-state index is 0.171. The van der Waals surface area contributed by atoms with Crippen molar-refractivity contribution in [1.82, 2.24) is 9.97 Å². The molecule has 5 nitrogen and oxygen atoms in total. The number of nitrogens with one attached hydrogen (secondary N) is 2. The SMILES string of the molecule is Cc1ccc(-c2cc(C(=O)Nc3ccccc3)[nH]c(=O)n2)cc1. The highest BCUT2D eigenvalue weighted by Crippen LogP contribution is 2.17. The molecule has 114 valence electrons. The minimum Gasteiger partial charge on any atom is -0.321 e. The van der Waals surface area contributed by atoms with E-state index in [0.717, 1.165) is 11.1 Å². The zero-order valence-electron chi connectivity index (χ0n) is 12.5. The fraction of sp³-hybridized carbons (Fsp3) is 0.0556. The second kappa shape index (κ2) is 6.27. The number of carbonyl (C=O) groups excluding carboxylic acids is 1. The molecular formula is C18H15N3O2. The minimum atomic E-state index is -0.554. The summed E-state index contributed by atoms with van der Waals surface area (Å²) < 4.78 is 0. The summed E-state index contributed by atoms with van der Waals surface area (Å²) in [5.74, 6) is -0.385. The van der Waals surface area contributed by atoms with Crippen LogP contribution in [0.25, 0.3) is 11.3 Å². The normalized spacial score (nSPS) is 10.3. The van der Waals surface area contributed by atoms with Gasteiger partial charge in [-0.1, -0.05) is 48.0 Å². The summed E-state index contributed by atoms with van der Waals surface area (Å²) in [5.41, 5.74) is 2.64. The number of hydrogen-bond donors (Lipinski definition) is 2. The Hall–Kier alpha value is -3.21. The summed E-state index contributed by atoms with van der Waals surface area (Å²) in [4.78, 5) is 30.5. The van der Waals surface area contributed by atoms with Crippen molar-refractivity contribution in [2.75, 3.05) is 5.32 Å². The van der Waals surface area contributed by atoms with Crippen LogP contribution >= 0.6 is 0 Å². The Kier molecular flexibility index (Phi) is 4.01. The van der Waals surface area contributed by atoms with E-state index in [9.17, 15) is 9.59 Å². The van der Waals surface area contributed by atoms with Crippen LogP contribution in [0, 0.1) is 6.92 Å². The molecule has 5 heteroatoms. The van der Waals surface area contributed by atoms with Gasteiger partial charge in [0.2, 0.25) is 0 Å². The van der Waals surface area contributed by atoms with Crippen molar-refractivity contribution in [1.29, 1.82) is 0 Å². The van der Waals surface area contributed by atoms with Gasteiger partial charge in [0.25, 0.3) is 5.91 Å². The van der Waals surface area contributed by atoms with Crippen molar-refractivity contribution >= 4 is 11.6 Å². The molecule has 0 bridgehead atoms. The van der Waals surface area contributed by atoms with E-state index in [0.29, 0.717) is 11.4 Å². The molecule has 2 N–H and O–H groups in total. The number of hydrogen-bond acceptors (Lipinski definition) is 3. The number of aromatic nitrogens is 2. The first-order valence-corrected chi connectivity index (χ1v) is 7.16. The summed E-state index contributed by atoms with van der Waals surface area (Å²) in [6.45, 7) is 1.98. The third-order valence-corrected chi connectivity index (χ3v) is 3.37. The van der Waals surface area contributed by atoms with Gasteiger partial charge in [-0.25, -0.2) is 4.79 Å². The maximum absolute atomic E-state index is 12.3. The van der Waals surface area contributed by atoms with Crippen molar-refractivity contribution in [3.05, 3.63) is 82.4 Å². The highest BCUT2D eigenvalue weighted by Gasteiger charge is 2.11. The lowest BCUT2D eigenvalue weighted by Crippen LogP contribution is -2.21. The summed E-state index contributed by atoms with van der Waals surface area (Å²) in [5, 5.41) is 2.74. The summed E-state index contributed by atoms with van der Waals surface area (Å²) in [6.07, 6.45) is 0. The summed E-state index contributed by atoms with van der Waals surface area (Å²) >= 11 is 0. The second-order valence-corrected chi connectivity index (χ2v) is 5.17. The van der Waals surface area contributed by atoms with E-state index >= 15 is 0 Å². The van der Waals surface area contributed by atoms with Gasteiger partial charge in [0.05, 0.1) is 5.69 Å². The van der Waals surface area contributed by atoms with E-state index in [4.69, 9.17) is 0 Å². The molecule has 0 aliphatic heterocycles. The van der Waals surface area contributed by atoms with Gasteiger partial charge < -0.3 is 10.3 Å². The van der Waals surface area contributed by atoms with E-state index in [1.807, 2.05) is 49.4 Å². The highest BCUT2D eigenvalue weighted by molar-refractivity contribution is 6.03. The first kappa shape index (κ1) is 14.7. The number of para-hydroxylation sites is 1. The number of anilines is 1. The fourth-order valence-electron chi connectivity index (χ4n) is 2.17. The van der Waals surface area contributed by atoms with Gasteiger partial charge in [-0.3, -0.25) is 4.79 Å². The molecule has 3 aromatic rings. The van der Waals surface area contributed by atoms with Crippen molar-refractivity contribution in [3.8, 4) is 11.3 Å². The lowest BCUT2D eigenvalue weighted by molar-refractivity contribution is 0.102. The van der Waals surface area contributed by atoms with Crippen molar-refractivity contribution in [3.63, 3.8) is 0 Å². The van der Waals surface area contributed by atoms with Crippen LogP contribution in [-0.4, -0.2) is 15.9 Å². The Morgan fingerprint density at radius 3 is 2.43 bits per heavy atom. The number of benzene rings is 2. The molecule has 2 aromatic carbocycles. The molecule has 23 heavy (non-hydrogen) atoms. The van der Waals surface area contributed by atoms with E-state index in [1.54, 1.807) is 18.2 Å². The summed E-state index contributed by atoms with van der Waals surface area (Å²) in [6, 6.07) is 18.2. The Balaban J connectivity index is 1.92. The van der Waals surface area contributed by atoms with Gasteiger partial charge in [-0.15, -0.1) is 0 Å². The predicted octanol–water partition coefficient (Wildman–Crippen LogP) is 3.00. The second-order valence-electron chi connectivity index (χ2n) is 5.17. The molecule has 3 rings (SSSR count). The number of nitrogens with zero attached hydrogens (tertiary/aromatic N) is 1. The maximum atomic E-state index is 12.3. The fourth-order valence-corrected chi connectivity index (χ4v) is 2.17. The van der Waals surface area contributed by atoms with Gasteiger partial charge >= 0.3 is 5.69 Å². The topological polar surface area (TPSA) is 74.8 Å². The van der Waals surface area contributed by atoms with Crippen molar-refractivity contribution in [2.45, 2.75) is 6.92 Å². The molecule has 1 aromatic heterocycles. The Morgan fingerprint density at radius 2 is 1.74 bits per heavy atom. The lowest BCUT2D eigenvalue weighted by atomic mass is 10.1. The first-order valence-electron chi connectivity index (χ1n) is 7.16. The van der Waals surface area contributed by atoms with Gasteiger partial charge in [-0.05, 0) is 25.1 Å². The largest absolute Gasteiger partial charge is 0.346 e. The Morgan fingerprint density at radius 1 is 1.04 bits per heavy atom. The lowest BCUT2D eigenvalue weighted by Gasteiger charge is -2.06. The molecular weight excluding hydrogens is 290 g/mol. The smallest absolute Gasteiger partial charge is 0.321 e. The van der Waals surface area contributed by atoms with Gasteiger partial charge in [0, 0.05) is 11.3 Å². The quantitative estimate of drug-likeness (QED) is 0.781. The maximum Gasteiger partial charge on any atom is 0.346 e. The zero-order chi connectivity index (χ0) is 16.2. The van der Waals surface area contributed by atoms with Gasteiger partial charge in [0.1, 0.15) is 5.69 Å². The van der Waals surface area contributed by atoms with Gasteiger partial charge in [-0.2, -0.15) is 4.98 Å². The number of carbonyl (C=O) groups is 1. The third kappa shape index (κ3) is 3.52. The predicted molar refractivity (Wildman–Crippen MR) is 89.4 cm³/mol. The monoisotopic (exact) mass is 305 g/mol. The van der Waals surface area contributed by atoms with Crippen LogP contribution in [0.2, 0.25) is 0 Å². The average Bonchev–Trinajstić information content (AvgIpc) is 2.56. The molecule has 0 unspecified atom stereocenters. The molecule has 0 saturated carbocycles. The van der Waals surface area contributed by atoms with E-state index in [-0.39, 0.29) is 11.6 Å². The van der Waals surface area contributed by atoms with Gasteiger partial charge in [0.15, 0.2) is 0 Å². The van der Waals surface area contributed by atoms with Crippen LogP contribution in [-0.2, 0) is 0 Å². The number of aromatic amines is 1. The molecule has 0 saturated heterocycles. The van der Waals surface area contributed by atoms with Crippen molar-refractivity contribution < 1.29 is 4.79 Å². The Bertz CT molecular complexity index is 884. The van der Waals surface area contributed by atoms with E-state index in [1.165, 1.54) is 0 Å². The van der Waals surface area contributed by atoms with Crippen molar-refractivity contribution in [2.24, 2.45) is 0 Å². The van der Waals surface area contributed by atoms with Crippen LogP contribution in [0.1, 0.15) is 16.1 Å². The standard InChI is InChI=1S/C18H15N3O2/c1-12-7-9-13(10-8-12)15-11-16(21-18(23)20-15)17(22)19-14-5-3-2-4-6-14/h2-11H,1H3,(H,19,22)(H,20,21,23). The molecule has 1 amide bonds. The van der Waals surface area contributed by atoms with Crippen LogP contribution in [0.15, 0.2) is 65.5 Å². The highest BCUT2D eigenvalue weighted by atomic mass is 16.2. The average molecular weight is 305 g/mol. The number of rotatable bonds is 3. The van der Waals surface area contributed by atoms with Crippen LogP contribution in [0.5, 0.6) is 0 Å². The number of H-pyrrole nitrogens is 1. The van der Waals surface area contributed by atoms with Crippen LogP contribution in [0.3, 0.4) is 0 Å². The van der Waals surface area contributed by atoms with E-state index < -0.39 is 5.69 Å². The molecule has 0 atom stereocenters. The summed E-state index contributed by atoms with van der Waals surface area (Å²) in [7, 11) is 0. The molecule has 0 aliphatic carbocycles. The molecule has 0 fully saturated rings. The molecule has 0 spiro atoms. The van der Waals surface area contributed by atoms with E-state index in [2.05, 4.69) is 15.3 Å². The third-order valence-electron chi connectivity index (χ3n) is 3.37. The molecule has 0 aliphatic rings. The molecule has 1 heterocycles. The van der Waals surface area contributed by atoms with Crippen LogP contribution in [0.4, 0.5) is 5.69 Å². The Labute approximate surface area is 133 Å². The number of amides is 1. The number of aryl methyl sites for hydroxylation is 1. The first-order chi connectivity index (χ1) is 11.1. The molecule has 0 radical (unpaired) electrons. The van der Waals surface area contributed by atoms with Crippen LogP contribution < -0.4 is 11.0 Å².